The number of unbranched alkanes of at least 4 members (excludes halogenated alkanes) is 20. The first-order valence-corrected chi connectivity index (χ1v) is 25.5. The van der Waals surface area contributed by atoms with E-state index >= 15 is 0 Å². The van der Waals surface area contributed by atoms with Crippen LogP contribution in [0.5, 0.6) is 0 Å². The van der Waals surface area contributed by atoms with Gasteiger partial charge in [-0.2, -0.15) is 0 Å². The lowest BCUT2D eigenvalue weighted by Gasteiger charge is -2.28. The smallest absolute Gasteiger partial charge is 0.306 e. The molecule has 2 unspecified atom stereocenters. The number of carbonyl (C=O) groups is 1. The highest BCUT2D eigenvalue weighted by Crippen LogP contribution is 2.38. The molecule has 0 spiro atoms. The van der Waals surface area contributed by atoms with Crippen molar-refractivity contribution in [3.63, 3.8) is 0 Å². The summed E-state index contributed by atoms with van der Waals surface area (Å²) < 4.78 is 34.6. The summed E-state index contributed by atoms with van der Waals surface area (Å²) in [6, 6.07) is 0. The predicted molar refractivity (Wildman–Crippen MR) is 249 cm³/mol. The molecule has 0 saturated heterocycles. The third kappa shape index (κ3) is 47.1. The molecule has 0 aliphatic heterocycles. The minimum absolute atomic E-state index is 0.0198. The molecule has 0 amide bonds. The van der Waals surface area contributed by atoms with Gasteiger partial charge < -0.3 is 27.9 Å². The first-order valence-electron chi connectivity index (χ1n) is 24.0. The second-order valence-electron chi connectivity index (χ2n) is 17.1. The summed E-state index contributed by atoms with van der Waals surface area (Å²) >= 11 is 0. The van der Waals surface area contributed by atoms with E-state index in [0.29, 0.717) is 24.1 Å². The molecule has 59 heavy (non-hydrogen) atoms. The number of likely N-dealkylation sites (N-methyl/N-ethyl adjacent to an activating group) is 1. The zero-order chi connectivity index (χ0) is 43.4. The van der Waals surface area contributed by atoms with Gasteiger partial charge in [0.05, 0.1) is 34.4 Å². The molecule has 344 valence electrons. The number of quaternary nitrogens is 1. The Hall–Kier alpha value is -1.80. The average Bonchev–Trinajstić information content (AvgIpc) is 3.19. The van der Waals surface area contributed by atoms with Crippen molar-refractivity contribution in [3.8, 4) is 0 Å². The summed E-state index contributed by atoms with van der Waals surface area (Å²) in [6.45, 7) is 5.30. The molecule has 9 heteroatoms. The zero-order valence-electron chi connectivity index (χ0n) is 38.9. The standard InChI is InChI=1S/C50H92NO7P/c1-6-8-10-12-14-16-18-20-22-23-24-25-26-27-28-29-30-31-33-35-37-39-41-43-50(52)58-49(48-57-59(53,54)56-46-44-51(3,4)5)47-55-45-42-40-38-36-34-32-21-19-17-15-13-11-9-7-2/h11,13,17-20,23-24,26-27,49H,6-10,12,14-16,21-22,25,28-48H2,1-5H3/b13-11-,19-17-,20-18-,24-23-,27-26-. The Bertz CT molecular complexity index is 1130. The van der Waals surface area contributed by atoms with E-state index in [0.717, 1.165) is 77.0 Å². The number of hydrogen-bond donors (Lipinski definition) is 0. The van der Waals surface area contributed by atoms with Gasteiger partial charge in [-0.25, -0.2) is 0 Å². The molecule has 0 aromatic heterocycles. The van der Waals surface area contributed by atoms with Crippen molar-refractivity contribution in [2.75, 3.05) is 54.1 Å². The summed E-state index contributed by atoms with van der Waals surface area (Å²) in [4.78, 5) is 25.1. The Labute approximate surface area is 364 Å². The molecular weight excluding hydrogens is 758 g/mol. The second-order valence-corrected chi connectivity index (χ2v) is 18.5. The quantitative estimate of drug-likeness (QED) is 0.0198. The predicted octanol–water partition coefficient (Wildman–Crippen LogP) is 13.9. The van der Waals surface area contributed by atoms with Gasteiger partial charge in [-0.3, -0.25) is 9.36 Å². The normalized spacial score (nSPS) is 14.2. The van der Waals surface area contributed by atoms with Crippen molar-refractivity contribution in [3.05, 3.63) is 60.8 Å². The van der Waals surface area contributed by atoms with Crippen molar-refractivity contribution in [2.24, 2.45) is 0 Å². The lowest BCUT2D eigenvalue weighted by atomic mass is 10.1. The van der Waals surface area contributed by atoms with Crippen LogP contribution in [0.25, 0.3) is 0 Å². The fourth-order valence-electron chi connectivity index (χ4n) is 6.30. The molecule has 0 saturated carbocycles. The largest absolute Gasteiger partial charge is 0.756 e. The number of esters is 1. The van der Waals surface area contributed by atoms with Gasteiger partial charge in [-0.15, -0.1) is 0 Å². The zero-order valence-corrected chi connectivity index (χ0v) is 39.8. The average molecular weight is 850 g/mol. The van der Waals surface area contributed by atoms with Crippen molar-refractivity contribution >= 4 is 13.8 Å². The van der Waals surface area contributed by atoms with Crippen LogP contribution in [0.2, 0.25) is 0 Å². The number of rotatable bonds is 44. The van der Waals surface area contributed by atoms with Crippen LogP contribution in [-0.4, -0.2) is 70.7 Å². The maximum atomic E-state index is 12.7. The maximum Gasteiger partial charge on any atom is 0.306 e. The molecule has 0 aliphatic carbocycles. The van der Waals surface area contributed by atoms with E-state index in [4.69, 9.17) is 18.5 Å². The van der Waals surface area contributed by atoms with Crippen LogP contribution in [0.15, 0.2) is 60.8 Å². The first-order chi connectivity index (χ1) is 28.6. The second kappa shape index (κ2) is 42.9. The maximum absolute atomic E-state index is 12.7. The SMILES string of the molecule is CCC/C=C\C/C=C\CCCCCCCCOCC(COP(=O)([O-])OCC[N+](C)(C)C)OC(=O)CCCCCCCCCC/C=C\C/C=C\C/C=C\CCCCCCC. The van der Waals surface area contributed by atoms with Crippen LogP contribution >= 0.6 is 7.82 Å². The Morgan fingerprint density at radius 3 is 1.46 bits per heavy atom. The summed E-state index contributed by atoms with van der Waals surface area (Å²) in [5.74, 6) is -0.347. The molecule has 0 rings (SSSR count). The lowest BCUT2D eigenvalue weighted by molar-refractivity contribution is -0.870. The number of phosphoric ester groups is 1. The van der Waals surface area contributed by atoms with Gasteiger partial charge in [0.1, 0.15) is 19.3 Å². The van der Waals surface area contributed by atoms with E-state index in [1.54, 1.807) is 0 Å². The van der Waals surface area contributed by atoms with Crippen molar-refractivity contribution < 1.29 is 37.3 Å². The summed E-state index contributed by atoms with van der Waals surface area (Å²) in [5, 5.41) is 0. The van der Waals surface area contributed by atoms with Gasteiger partial charge in [-0.05, 0) is 77.0 Å². The fraction of sp³-hybridized carbons (Fsp3) is 0.780. The number of nitrogens with zero attached hydrogens (tertiary/aromatic N) is 1. The Morgan fingerprint density at radius 1 is 0.525 bits per heavy atom. The topological polar surface area (TPSA) is 94.1 Å². The number of carbonyl (C=O) groups excluding carboxylic acids is 1. The van der Waals surface area contributed by atoms with Crippen molar-refractivity contribution in [1.82, 2.24) is 0 Å². The van der Waals surface area contributed by atoms with Crippen LogP contribution < -0.4 is 4.89 Å². The summed E-state index contributed by atoms with van der Waals surface area (Å²) in [7, 11) is 1.34. The van der Waals surface area contributed by atoms with Crippen molar-refractivity contribution in [2.45, 2.75) is 200 Å². The highest BCUT2D eigenvalue weighted by molar-refractivity contribution is 7.45. The molecule has 0 aliphatic rings. The van der Waals surface area contributed by atoms with Gasteiger partial charge in [-0.1, -0.05) is 171 Å². The van der Waals surface area contributed by atoms with E-state index in [1.165, 1.54) is 96.3 Å². The molecule has 0 N–H and O–H groups in total. The van der Waals surface area contributed by atoms with Crippen molar-refractivity contribution in [1.29, 1.82) is 0 Å². The van der Waals surface area contributed by atoms with E-state index in [9.17, 15) is 14.3 Å². The summed E-state index contributed by atoms with van der Waals surface area (Å²) in [5.41, 5.74) is 0. The minimum Gasteiger partial charge on any atom is -0.756 e. The Kier molecular flexibility index (Phi) is 41.6. The molecule has 0 bridgehead atoms. The van der Waals surface area contributed by atoms with E-state index in [2.05, 4.69) is 74.6 Å². The number of hydrogen-bond acceptors (Lipinski definition) is 7. The van der Waals surface area contributed by atoms with Crippen LogP contribution in [0.4, 0.5) is 0 Å². The lowest BCUT2D eigenvalue weighted by Crippen LogP contribution is -2.37. The van der Waals surface area contributed by atoms with Crippen LogP contribution in [0.1, 0.15) is 194 Å². The minimum atomic E-state index is -4.53. The Balaban J connectivity index is 4.19. The van der Waals surface area contributed by atoms with Crippen LogP contribution in [0.3, 0.4) is 0 Å². The monoisotopic (exact) mass is 850 g/mol. The molecule has 0 aromatic carbocycles. The molecule has 0 aromatic rings. The third-order valence-electron chi connectivity index (χ3n) is 10.0. The third-order valence-corrected chi connectivity index (χ3v) is 11.0. The molecular formula is C50H92NO7P. The fourth-order valence-corrected chi connectivity index (χ4v) is 7.03. The molecule has 0 radical (unpaired) electrons. The number of allylic oxidation sites excluding steroid dienone is 10. The molecule has 8 nitrogen and oxygen atoms in total. The van der Waals surface area contributed by atoms with E-state index < -0.39 is 13.9 Å². The van der Waals surface area contributed by atoms with Gasteiger partial charge in [0, 0.05) is 13.0 Å². The van der Waals surface area contributed by atoms with Gasteiger partial charge in [0.15, 0.2) is 0 Å². The van der Waals surface area contributed by atoms with Gasteiger partial charge in [0.25, 0.3) is 7.82 Å². The van der Waals surface area contributed by atoms with Gasteiger partial charge >= 0.3 is 5.97 Å². The summed E-state index contributed by atoms with van der Waals surface area (Å²) in [6.07, 6.45) is 53.8. The molecule has 2 atom stereocenters. The molecule has 0 heterocycles. The number of phosphoric acid groups is 1. The van der Waals surface area contributed by atoms with E-state index in [1.807, 2.05) is 21.1 Å². The van der Waals surface area contributed by atoms with Crippen LogP contribution in [0, 0.1) is 0 Å². The van der Waals surface area contributed by atoms with Gasteiger partial charge in [0.2, 0.25) is 0 Å². The van der Waals surface area contributed by atoms with Crippen LogP contribution in [-0.2, 0) is 27.9 Å². The molecule has 0 fully saturated rings. The Morgan fingerprint density at radius 2 is 0.966 bits per heavy atom. The highest BCUT2D eigenvalue weighted by atomic mass is 31.2. The number of ether oxygens (including phenoxy) is 2. The first kappa shape index (κ1) is 57.2. The van der Waals surface area contributed by atoms with E-state index in [-0.39, 0.29) is 25.8 Å². The highest BCUT2D eigenvalue weighted by Gasteiger charge is 2.20.